The van der Waals surface area contributed by atoms with E-state index in [-0.39, 0.29) is 5.91 Å². The van der Waals surface area contributed by atoms with Crippen molar-refractivity contribution < 1.29 is 9.21 Å². The number of aromatic nitrogens is 4. The van der Waals surface area contributed by atoms with Gasteiger partial charge in [0, 0.05) is 38.4 Å². The molecule has 2 aromatic carbocycles. The maximum atomic E-state index is 13.1. The van der Waals surface area contributed by atoms with Crippen LogP contribution < -0.4 is 0 Å². The van der Waals surface area contributed by atoms with Crippen LogP contribution in [0.1, 0.15) is 21.9 Å². The first-order valence-corrected chi connectivity index (χ1v) is 14.3. The van der Waals surface area contributed by atoms with Crippen molar-refractivity contribution in [2.75, 3.05) is 26.2 Å². The Morgan fingerprint density at radius 1 is 0.921 bits per heavy atom. The van der Waals surface area contributed by atoms with Crippen LogP contribution >= 0.6 is 23.1 Å². The molecular weight excluding hydrogens is 516 g/mol. The van der Waals surface area contributed by atoms with Crippen LogP contribution in [0.25, 0.3) is 16.4 Å². The van der Waals surface area contributed by atoms with E-state index >= 15 is 0 Å². The topological polar surface area (TPSA) is 80.3 Å². The van der Waals surface area contributed by atoms with Gasteiger partial charge in [-0.25, -0.2) is 4.98 Å². The summed E-state index contributed by atoms with van der Waals surface area (Å²) in [6, 6.07) is 24.5. The molecule has 4 heterocycles. The fraction of sp³-hybridized carbons (Fsp3) is 0.214. The third-order valence-electron chi connectivity index (χ3n) is 6.39. The number of benzene rings is 2. The summed E-state index contributed by atoms with van der Waals surface area (Å²) in [5, 5.41) is 11.7. The SMILES string of the molecule is O=C(c1coc(CSc2nnc(-c3cccs3)n2-c2ccccc2)n1)N1CCN(Cc2ccccc2)CC1. The molecule has 0 atom stereocenters. The smallest absolute Gasteiger partial charge is 0.275 e. The van der Waals surface area contributed by atoms with Crippen LogP contribution in [0.2, 0.25) is 0 Å². The zero-order chi connectivity index (χ0) is 25.7. The number of carbonyl (C=O) groups is 1. The highest BCUT2D eigenvalue weighted by Gasteiger charge is 2.25. The van der Waals surface area contributed by atoms with E-state index < -0.39 is 0 Å². The van der Waals surface area contributed by atoms with E-state index in [1.54, 1.807) is 11.3 Å². The quantitative estimate of drug-likeness (QED) is 0.248. The molecule has 192 valence electrons. The summed E-state index contributed by atoms with van der Waals surface area (Å²) in [7, 11) is 0. The first-order chi connectivity index (χ1) is 18.7. The van der Waals surface area contributed by atoms with E-state index in [9.17, 15) is 4.79 Å². The van der Waals surface area contributed by atoms with E-state index in [0.717, 1.165) is 41.2 Å². The van der Waals surface area contributed by atoms with E-state index in [1.807, 2.05) is 63.4 Å². The molecule has 1 aliphatic heterocycles. The van der Waals surface area contributed by atoms with Crippen LogP contribution in [-0.2, 0) is 12.3 Å². The molecule has 0 aliphatic carbocycles. The lowest BCUT2D eigenvalue weighted by Crippen LogP contribution is -2.48. The number of nitrogens with zero attached hydrogens (tertiary/aromatic N) is 6. The first kappa shape index (κ1) is 24.6. The molecule has 0 N–H and O–H groups in total. The number of oxazole rings is 1. The summed E-state index contributed by atoms with van der Waals surface area (Å²) in [6.07, 6.45) is 1.47. The number of carbonyl (C=O) groups excluding carboxylic acids is 1. The molecule has 0 radical (unpaired) electrons. The standard InChI is InChI=1S/C28H26N6O2S2/c35-27(33-15-13-32(14-16-33)18-21-8-3-1-4-9-21)23-19-36-25(29-23)20-38-28-31-30-26(24-12-7-17-37-24)34(28)22-10-5-2-6-11-22/h1-12,17,19H,13-16,18,20H2. The van der Waals surface area contributed by atoms with Gasteiger partial charge >= 0.3 is 0 Å². The molecule has 10 heteroatoms. The molecule has 1 amide bonds. The van der Waals surface area contributed by atoms with E-state index in [1.165, 1.54) is 23.6 Å². The van der Waals surface area contributed by atoms with E-state index in [4.69, 9.17) is 4.42 Å². The van der Waals surface area contributed by atoms with E-state index in [0.29, 0.717) is 30.4 Å². The summed E-state index contributed by atoms with van der Waals surface area (Å²) >= 11 is 3.11. The zero-order valence-electron chi connectivity index (χ0n) is 20.6. The molecule has 0 spiro atoms. The van der Waals surface area contributed by atoms with Crippen molar-refractivity contribution in [1.29, 1.82) is 0 Å². The number of para-hydroxylation sites is 1. The number of thioether (sulfide) groups is 1. The number of amides is 1. The second-order valence-corrected chi connectivity index (χ2v) is 10.8. The van der Waals surface area contributed by atoms with Crippen LogP contribution in [0, 0.1) is 0 Å². The van der Waals surface area contributed by atoms with Gasteiger partial charge in [0.2, 0.25) is 5.89 Å². The monoisotopic (exact) mass is 542 g/mol. The van der Waals surface area contributed by atoms with Gasteiger partial charge in [-0.2, -0.15) is 0 Å². The molecule has 38 heavy (non-hydrogen) atoms. The summed E-state index contributed by atoms with van der Waals surface area (Å²) in [4.78, 5) is 22.8. The van der Waals surface area contributed by atoms with Crippen molar-refractivity contribution in [3.05, 3.63) is 102 Å². The Labute approximate surface area is 228 Å². The second kappa shape index (κ2) is 11.3. The third-order valence-corrected chi connectivity index (χ3v) is 8.17. The van der Waals surface area contributed by atoms with Crippen molar-refractivity contribution in [1.82, 2.24) is 29.5 Å². The second-order valence-electron chi connectivity index (χ2n) is 8.92. The molecule has 1 aliphatic rings. The predicted molar refractivity (Wildman–Crippen MR) is 148 cm³/mol. The number of hydrogen-bond donors (Lipinski definition) is 0. The summed E-state index contributed by atoms with van der Waals surface area (Å²) in [5.74, 6) is 1.63. The van der Waals surface area contributed by atoms with Gasteiger partial charge in [-0.3, -0.25) is 14.3 Å². The number of hydrogen-bond acceptors (Lipinski definition) is 8. The van der Waals surface area contributed by atoms with Crippen molar-refractivity contribution in [3.63, 3.8) is 0 Å². The maximum Gasteiger partial charge on any atom is 0.275 e. The molecule has 5 aromatic rings. The van der Waals surface area contributed by atoms with Crippen molar-refractivity contribution in [3.8, 4) is 16.4 Å². The highest BCUT2D eigenvalue weighted by atomic mass is 32.2. The van der Waals surface area contributed by atoms with Crippen LogP contribution in [0.4, 0.5) is 0 Å². The lowest BCUT2D eigenvalue weighted by molar-refractivity contribution is 0.0622. The van der Waals surface area contributed by atoms with Gasteiger partial charge in [0.1, 0.15) is 6.26 Å². The lowest BCUT2D eigenvalue weighted by Gasteiger charge is -2.34. The van der Waals surface area contributed by atoms with Crippen LogP contribution in [0.5, 0.6) is 0 Å². The summed E-state index contributed by atoms with van der Waals surface area (Å²) < 4.78 is 7.72. The van der Waals surface area contributed by atoms with Gasteiger partial charge in [0.25, 0.3) is 5.91 Å². The summed E-state index contributed by atoms with van der Waals surface area (Å²) in [6.45, 7) is 3.92. The van der Waals surface area contributed by atoms with Crippen LogP contribution in [-0.4, -0.2) is 61.6 Å². The molecule has 8 nitrogen and oxygen atoms in total. The van der Waals surface area contributed by atoms with Gasteiger partial charge in [0.15, 0.2) is 16.7 Å². The number of piperazine rings is 1. The first-order valence-electron chi connectivity index (χ1n) is 12.4. The third kappa shape index (κ3) is 5.42. The average molecular weight is 543 g/mol. The molecule has 0 unspecified atom stereocenters. The molecule has 6 rings (SSSR count). The summed E-state index contributed by atoms with van der Waals surface area (Å²) in [5.41, 5.74) is 2.62. The molecule has 3 aromatic heterocycles. The van der Waals surface area contributed by atoms with E-state index in [2.05, 4.69) is 44.3 Å². The van der Waals surface area contributed by atoms with Gasteiger partial charge in [0.05, 0.1) is 10.6 Å². The van der Waals surface area contributed by atoms with Crippen LogP contribution in [0.3, 0.4) is 0 Å². The minimum absolute atomic E-state index is 0.0863. The highest BCUT2D eigenvalue weighted by molar-refractivity contribution is 7.98. The molecule has 1 saturated heterocycles. The van der Waals surface area contributed by atoms with Gasteiger partial charge in [-0.15, -0.1) is 21.5 Å². The Morgan fingerprint density at radius 3 is 2.42 bits per heavy atom. The minimum atomic E-state index is -0.0863. The van der Waals surface area contributed by atoms with Gasteiger partial charge < -0.3 is 9.32 Å². The zero-order valence-corrected chi connectivity index (χ0v) is 22.3. The Morgan fingerprint density at radius 2 is 1.68 bits per heavy atom. The maximum absolute atomic E-state index is 13.1. The Kier molecular flexibility index (Phi) is 7.34. The van der Waals surface area contributed by atoms with Crippen molar-refractivity contribution in [2.45, 2.75) is 17.5 Å². The fourth-order valence-corrected chi connectivity index (χ4v) is 5.96. The molecule has 0 saturated carbocycles. The number of rotatable bonds is 8. The molecule has 1 fully saturated rings. The van der Waals surface area contributed by atoms with Crippen LogP contribution in [0.15, 0.2) is 94.0 Å². The Bertz CT molecular complexity index is 1480. The number of thiophene rings is 1. The minimum Gasteiger partial charge on any atom is -0.447 e. The largest absolute Gasteiger partial charge is 0.447 e. The van der Waals surface area contributed by atoms with Crippen molar-refractivity contribution >= 4 is 29.0 Å². The van der Waals surface area contributed by atoms with Gasteiger partial charge in [-0.05, 0) is 29.1 Å². The normalized spacial score (nSPS) is 14.2. The van der Waals surface area contributed by atoms with Gasteiger partial charge in [-0.1, -0.05) is 66.4 Å². The average Bonchev–Trinajstić information content (AvgIpc) is 3.74. The fourth-order valence-electron chi connectivity index (χ4n) is 4.45. The Hall–Kier alpha value is -3.73. The Balaban J connectivity index is 1.09. The lowest BCUT2D eigenvalue weighted by atomic mass is 10.2. The molecular formula is C28H26N6O2S2. The predicted octanol–water partition coefficient (Wildman–Crippen LogP) is 5.23. The highest BCUT2D eigenvalue weighted by Crippen LogP contribution is 2.31. The molecule has 0 bridgehead atoms. The van der Waals surface area contributed by atoms with Crippen molar-refractivity contribution in [2.24, 2.45) is 0 Å².